The van der Waals surface area contributed by atoms with Crippen LogP contribution in [0, 0.1) is 11.3 Å². The molecule has 1 heterocycles. The Kier molecular flexibility index (Phi) is 4.53. The van der Waals surface area contributed by atoms with Crippen LogP contribution in [0.15, 0.2) is 66.7 Å². The van der Waals surface area contributed by atoms with Crippen molar-refractivity contribution in [1.29, 1.82) is 5.26 Å². The molecule has 0 saturated carbocycles. The van der Waals surface area contributed by atoms with Crippen LogP contribution in [0.5, 0.6) is 11.5 Å². The van der Waals surface area contributed by atoms with Gasteiger partial charge in [-0.15, -0.1) is 0 Å². The number of benzene rings is 3. The third-order valence-corrected chi connectivity index (χ3v) is 4.71. The van der Waals surface area contributed by atoms with E-state index in [1.54, 1.807) is 41.3 Å². The fourth-order valence-corrected chi connectivity index (χ4v) is 3.23. The van der Waals surface area contributed by atoms with Crippen molar-refractivity contribution in [3.05, 3.63) is 88.4 Å². The molecule has 1 aliphatic heterocycles. The van der Waals surface area contributed by atoms with Crippen molar-refractivity contribution < 1.29 is 9.53 Å². The molecular weight excluding hydrogens is 360 g/mol. The Morgan fingerprint density at radius 3 is 2.41 bits per heavy atom. The molecule has 1 amide bonds. The van der Waals surface area contributed by atoms with E-state index in [1.165, 1.54) is 0 Å². The summed E-state index contributed by atoms with van der Waals surface area (Å²) in [5, 5.41) is 9.55. The predicted molar refractivity (Wildman–Crippen MR) is 104 cm³/mol. The van der Waals surface area contributed by atoms with Crippen LogP contribution in [0.25, 0.3) is 0 Å². The maximum Gasteiger partial charge on any atom is 0.231 e. The van der Waals surface area contributed by atoms with Gasteiger partial charge in [-0.3, -0.25) is 4.79 Å². The summed E-state index contributed by atoms with van der Waals surface area (Å²) in [7, 11) is 0. The molecule has 0 fully saturated rings. The Hall–Kier alpha value is -3.29. The summed E-state index contributed by atoms with van der Waals surface area (Å²) in [5.74, 6) is 1.43. The minimum absolute atomic E-state index is 0.0537. The highest BCUT2D eigenvalue weighted by molar-refractivity contribution is 6.30. The molecule has 0 N–H and O–H groups in total. The second-order valence-electron chi connectivity index (χ2n) is 6.31. The van der Waals surface area contributed by atoms with Gasteiger partial charge in [0.05, 0.1) is 24.6 Å². The number of carbonyl (C=O) groups is 1. The summed E-state index contributed by atoms with van der Waals surface area (Å²) in [6.45, 7) is 0.481. The van der Waals surface area contributed by atoms with Crippen LogP contribution in [-0.2, 0) is 17.8 Å². The number of nitrogens with zero attached hydrogens (tertiary/aromatic N) is 2. The maximum atomic E-state index is 12.5. The number of anilines is 1. The van der Waals surface area contributed by atoms with E-state index < -0.39 is 0 Å². The molecule has 132 valence electrons. The largest absolute Gasteiger partial charge is 0.457 e. The van der Waals surface area contributed by atoms with Crippen molar-refractivity contribution in [3.63, 3.8) is 0 Å². The lowest BCUT2D eigenvalue weighted by atomic mass is 10.1. The molecule has 0 aliphatic carbocycles. The van der Waals surface area contributed by atoms with E-state index in [1.807, 2.05) is 30.3 Å². The first-order chi connectivity index (χ1) is 13.1. The Morgan fingerprint density at radius 1 is 1.00 bits per heavy atom. The van der Waals surface area contributed by atoms with E-state index in [0.717, 1.165) is 16.8 Å². The Balaban J connectivity index is 1.54. The quantitative estimate of drug-likeness (QED) is 0.638. The zero-order valence-corrected chi connectivity index (χ0v) is 15.1. The molecule has 3 aromatic rings. The van der Waals surface area contributed by atoms with Crippen LogP contribution in [0.4, 0.5) is 5.69 Å². The lowest BCUT2D eigenvalue weighted by Crippen LogP contribution is -2.25. The molecular formula is C22H15ClN2O2. The number of hydrogen-bond acceptors (Lipinski definition) is 3. The van der Waals surface area contributed by atoms with Gasteiger partial charge < -0.3 is 9.64 Å². The molecule has 0 saturated heterocycles. The molecule has 0 radical (unpaired) electrons. The Labute approximate surface area is 162 Å². The molecule has 27 heavy (non-hydrogen) atoms. The average molecular weight is 375 g/mol. The number of ether oxygens (including phenoxy) is 1. The molecule has 0 atom stereocenters. The van der Waals surface area contributed by atoms with E-state index in [-0.39, 0.29) is 5.91 Å². The van der Waals surface area contributed by atoms with Crippen LogP contribution in [0.3, 0.4) is 0 Å². The molecule has 0 spiro atoms. The molecule has 0 bridgehead atoms. The maximum absolute atomic E-state index is 12.5. The first-order valence-electron chi connectivity index (χ1n) is 8.48. The van der Waals surface area contributed by atoms with Crippen molar-refractivity contribution in [2.75, 3.05) is 4.90 Å². The number of nitriles is 1. The molecule has 4 rings (SSSR count). The monoisotopic (exact) mass is 374 g/mol. The molecule has 5 heteroatoms. The SMILES string of the molecule is N#Cc1ccc(CN2C(=O)Cc3cc(Oc4ccc(Cl)cc4)ccc32)cc1. The fourth-order valence-electron chi connectivity index (χ4n) is 3.10. The summed E-state index contributed by atoms with van der Waals surface area (Å²) in [5.41, 5.74) is 3.43. The number of hydrogen-bond donors (Lipinski definition) is 0. The lowest BCUT2D eigenvalue weighted by molar-refractivity contribution is -0.117. The molecule has 1 aliphatic rings. The minimum atomic E-state index is 0.0537. The van der Waals surface area contributed by atoms with E-state index in [9.17, 15) is 4.79 Å². The highest BCUT2D eigenvalue weighted by Crippen LogP contribution is 2.34. The normalized spacial score (nSPS) is 12.6. The minimum Gasteiger partial charge on any atom is -0.457 e. The number of rotatable bonds is 4. The average Bonchev–Trinajstić information content (AvgIpc) is 2.99. The first-order valence-corrected chi connectivity index (χ1v) is 8.86. The van der Waals surface area contributed by atoms with Crippen molar-refractivity contribution in [2.45, 2.75) is 13.0 Å². The van der Waals surface area contributed by atoms with Gasteiger partial charge in [0, 0.05) is 10.7 Å². The second kappa shape index (κ2) is 7.14. The van der Waals surface area contributed by atoms with E-state index in [0.29, 0.717) is 35.1 Å². The van der Waals surface area contributed by atoms with Crippen molar-refractivity contribution in [2.24, 2.45) is 0 Å². The van der Waals surface area contributed by atoms with Crippen LogP contribution >= 0.6 is 11.6 Å². The number of amides is 1. The molecule has 4 nitrogen and oxygen atoms in total. The van der Waals surface area contributed by atoms with Crippen molar-refractivity contribution >= 4 is 23.2 Å². The Morgan fingerprint density at radius 2 is 1.70 bits per heavy atom. The van der Waals surface area contributed by atoms with Gasteiger partial charge in [-0.25, -0.2) is 0 Å². The summed E-state index contributed by atoms with van der Waals surface area (Å²) in [6, 6.07) is 22.2. The van der Waals surface area contributed by atoms with E-state index >= 15 is 0 Å². The van der Waals surface area contributed by atoms with E-state index in [4.69, 9.17) is 21.6 Å². The fraction of sp³-hybridized carbons (Fsp3) is 0.0909. The molecule has 3 aromatic carbocycles. The van der Waals surface area contributed by atoms with Gasteiger partial charge in [0.2, 0.25) is 5.91 Å². The van der Waals surface area contributed by atoms with Crippen molar-refractivity contribution in [3.8, 4) is 17.6 Å². The third kappa shape index (κ3) is 3.64. The number of halogens is 1. The van der Waals surface area contributed by atoms with Gasteiger partial charge in [-0.05, 0) is 65.7 Å². The zero-order chi connectivity index (χ0) is 18.8. The predicted octanol–water partition coefficient (Wildman–Crippen LogP) is 5.09. The van der Waals surface area contributed by atoms with Gasteiger partial charge in [0.25, 0.3) is 0 Å². The lowest BCUT2D eigenvalue weighted by Gasteiger charge is -2.18. The highest BCUT2D eigenvalue weighted by Gasteiger charge is 2.27. The van der Waals surface area contributed by atoms with Crippen LogP contribution in [0.2, 0.25) is 5.02 Å². The Bertz CT molecular complexity index is 1040. The van der Waals surface area contributed by atoms with Gasteiger partial charge in [0.15, 0.2) is 0 Å². The standard InChI is InChI=1S/C22H15ClN2O2/c23-18-5-7-19(8-6-18)27-20-9-10-21-17(11-20)12-22(26)25(21)14-16-3-1-15(13-24)2-4-16/h1-11H,12,14H2. The zero-order valence-electron chi connectivity index (χ0n) is 14.4. The van der Waals surface area contributed by atoms with E-state index in [2.05, 4.69) is 6.07 Å². The van der Waals surface area contributed by atoms with Gasteiger partial charge in [0.1, 0.15) is 11.5 Å². The summed E-state index contributed by atoms with van der Waals surface area (Å²) in [4.78, 5) is 14.3. The van der Waals surface area contributed by atoms with Gasteiger partial charge >= 0.3 is 0 Å². The highest BCUT2D eigenvalue weighted by atomic mass is 35.5. The summed E-state index contributed by atoms with van der Waals surface area (Å²) in [6.07, 6.45) is 0.351. The second-order valence-corrected chi connectivity index (χ2v) is 6.75. The molecule has 0 unspecified atom stereocenters. The summed E-state index contributed by atoms with van der Waals surface area (Å²) < 4.78 is 5.85. The van der Waals surface area contributed by atoms with Crippen molar-refractivity contribution in [1.82, 2.24) is 0 Å². The number of fused-ring (bicyclic) bond motifs is 1. The topological polar surface area (TPSA) is 53.3 Å². The van der Waals surface area contributed by atoms with Gasteiger partial charge in [-0.2, -0.15) is 5.26 Å². The van der Waals surface area contributed by atoms with Crippen LogP contribution < -0.4 is 9.64 Å². The smallest absolute Gasteiger partial charge is 0.231 e. The van der Waals surface area contributed by atoms with Gasteiger partial charge in [-0.1, -0.05) is 23.7 Å². The summed E-state index contributed by atoms with van der Waals surface area (Å²) >= 11 is 5.89. The van der Waals surface area contributed by atoms with Crippen LogP contribution in [-0.4, -0.2) is 5.91 Å². The third-order valence-electron chi connectivity index (χ3n) is 4.46. The first kappa shape index (κ1) is 17.1. The molecule has 0 aromatic heterocycles. The number of carbonyl (C=O) groups excluding carboxylic acids is 1. The van der Waals surface area contributed by atoms with Crippen LogP contribution in [0.1, 0.15) is 16.7 Å².